The molecule has 1 aliphatic heterocycles. The molecule has 4 nitrogen and oxygen atoms in total. The van der Waals surface area contributed by atoms with Crippen LogP contribution < -0.4 is 10.2 Å². The van der Waals surface area contributed by atoms with Gasteiger partial charge in [-0.1, -0.05) is 25.1 Å². The predicted octanol–water partition coefficient (Wildman–Crippen LogP) is 4.90. The van der Waals surface area contributed by atoms with Gasteiger partial charge in [-0.3, -0.25) is 4.79 Å². The summed E-state index contributed by atoms with van der Waals surface area (Å²) in [6.07, 6.45) is -2.79. The third kappa shape index (κ3) is 5.29. The monoisotopic (exact) mass is 423 g/mol. The molecule has 2 aromatic rings. The Balaban J connectivity index is 1.78. The van der Waals surface area contributed by atoms with Crippen LogP contribution in [0.2, 0.25) is 0 Å². The number of carbonyl (C=O) groups excluding carboxylic acids is 1. The molecule has 0 spiro atoms. The molecule has 1 saturated heterocycles. The van der Waals surface area contributed by atoms with E-state index < -0.39 is 23.6 Å². The van der Waals surface area contributed by atoms with Crippen molar-refractivity contribution >= 4 is 11.7 Å². The molecule has 1 fully saturated rings. The lowest BCUT2D eigenvalue weighted by molar-refractivity contribution is -0.141. The largest absolute Gasteiger partial charge is 0.433 e. The summed E-state index contributed by atoms with van der Waals surface area (Å²) >= 11 is 0. The van der Waals surface area contributed by atoms with Gasteiger partial charge in [0.25, 0.3) is 0 Å². The van der Waals surface area contributed by atoms with Crippen molar-refractivity contribution in [2.75, 3.05) is 18.0 Å². The topological polar surface area (TPSA) is 45.2 Å². The van der Waals surface area contributed by atoms with Crippen molar-refractivity contribution in [1.29, 1.82) is 0 Å². The Morgan fingerprint density at radius 3 is 2.57 bits per heavy atom. The summed E-state index contributed by atoms with van der Waals surface area (Å²) in [5, 5.41) is 2.75. The highest BCUT2D eigenvalue weighted by molar-refractivity contribution is 5.83. The minimum Gasteiger partial charge on any atom is -0.356 e. The highest BCUT2D eigenvalue weighted by Gasteiger charge is 2.34. The molecule has 1 amide bonds. The summed E-state index contributed by atoms with van der Waals surface area (Å²) < 4.78 is 53.0. The first kappa shape index (κ1) is 22.1. The van der Waals surface area contributed by atoms with Crippen molar-refractivity contribution in [1.82, 2.24) is 10.3 Å². The minimum absolute atomic E-state index is 0.0466. The second-order valence-electron chi connectivity index (χ2n) is 7.84. The highest BCUT2D eigenvalue weighted by atomic mass is 19.4. The quantitative estimate of drug-likeness (QED) is 0.696. The van der Waals surface area contributed by atoms with Gasteiger partial charge in [-0.15, -0.1) is 0 Å². The molecule has 30 heavy (non-hydrogen) atoms. The van der Waals surface area contributed by atoms with Crippen molar-refractivity contribution in [2.24, 2.45) is 5.92 Å². The Morgan fingerprint density at radius 2 is 1.93 bits per heavy atom. The van der Waals surface area contributed by atoms with E-state index in [1.807, 2.05) is 4.90 Å². The van der Waals surface area contributed by atoms with Gasteiger partial charge in [0.1, 0.15) is 17.3 Å². The zero-order chi connectivity index (χ0) is 21.9. The molecule has 8 heteroatoms. The van der Waals surface area contributed by atoms with Crippen molar-refractivity contribution in [2.45, 2.75) is 45.3 Å². The summed E-state index contributed by atoms with van der Waals surface area (Å²) in [5.41, 5.74) is 0.111. The van der Waals surface area contributed by atoms with Crippen molar-refractivity contribution in [3.63, 3.8) is 0 Å². The van der Waals surface area contributed by atoms with E-state index in [9.17, 15) is 22.4 Å². The fourth-order valence-electron chi connectivity index (χ4n) is 3.53. The molecule has 162 valence electrons. The normalized spacial score (nSPS) is 16.4. The standard InChI is InChI=1S/C22H25F4N3O/c1-14-8-10-29(11-9-14)20-17(6-7-19(28-20)22(24,25)26)13-27-21(30)15(2)16-4-3-5-18(23)12-16/h3-7,12,14-15H,8-11,13H2,1-2H3,(H,27,30). The molecule has 3 rings (SSSR count). The van der Waals surface area contributed by atoms with Gasteiger partial charge < -0.3 is 10.2 Å². The lowest BCUT2D eigenvalue weighted by Crippen LogP contribution is -2.35. The molecule has 1 aromatic heterocycles. The van der Waals surface area contributed by atoms with E-state index in [1.165, 1.54) is 24.3 Å². The molecule has 0 saturated carbocycles. The van der Waals surface area contributed by atoms with Crippen LogP contribution in [0.1, 0.15) is 49.4 Å². The molecule has 0 bridgehead atoms. The zero-order valence-corrected chi connectivity index (χ0v) is 17.0. The van der Waals surface area contributed by atoms with Gasteiger partial charge in [-0.25, -0.2) is 9.37 Å². The van der Waals surface area contributed by atoms with Gasteiger partial charge in [0.05, 0.1) is 5.92 Å². The van der Waals surface area contributed by atoms with E-state index in [-0.39, 0.29) is 18.3 Å². The number of hydrogen-bond acceptors (Lipinski definition) is 3. The van der Waals surface area contributed by atoms with Crippen LogP contribution in [-0.4, -0.2) is 24.0 Å². The number of rotatable bonds is 5. The van der Waals surface area contributed by atoms with Crippen LogP contribution in [0, 0.1) is 11.7 Å². The fourth-order valence-corrected chi connectivity index (χ4v) is 3.53. The molecular weight excluding hydrogens is 398 g/mol. The first-order chi connectivity index (χ1) is 14.1. The van der Waals surface area contributed by atoms with E-state index >= 15 is 0 Å². The third-order valence-corrected chi connectivity index (χ3v) is 5.52. The van der Waals surface area contributed by atoms with Gasteiger partial charge in [0.15, 0.2) is 0 Å². The molecule has 0 aliphatic carbocycles. The number of anilines is 1. The molecule has 2 heterocycles. The van der Waals surface area contributed by atoms with E-state index in [0.29, 0.717) is 30.1 Å². The average molecular weight is 423 g/mol. The smallest absolute Gasteiger partial charge is 0.356 e. The maximum absolute atomic E-state index is 13.4. The Hall–Kier alpha value is -2.64. The van der Waals surface area contributed by atoms with Crippen LogP contribution in [0.4, 0.5) is 23.4 Å². The summed E-state index contributed by atoms with van der Waals surface area (Å²) in [6, 6.07) is 8.10. The second kappa shape index (κ2) is 9.02. The van der Waals surface area contributed by atoms with Crippen molar-refractivity contribution in [3.05, 3.63) is 59.0 Å². The van der Waals surface area contributed by atoms with Crippen LogP contribution >= 0.6 is 0 Å². The Bertz CT molecular complexity index is 892. The maximum Gasteiger partial charge on any atom is 0.433 e. The summed E-state index contributed by atoms with van der Waals surface area (Å²) in [7, 11) is 0. The first-order valence-electron chi connectivity index (χ1n) is 10.0. The second-order valence-corrected chi connectivity index (χ2v) is 7.84. The number of halogens is 4. The maximum atomic E-state index is 13.4. The SMILES string of the molecule is CC1CCN(c2nc(C(F)(F)F)ccc2CNC(=O)C(C)c2cccc(F)c2)CC1. The Morgan fingerprint density at radius 1 is 1.23 bits per heavy atom. The lowest BCUT2D eigenvalue weighted by atomic mass is 9.98. The minimum atomic E-state index is -4.54. The summed E-state index contributed by atoms with van der Waals surface area (Å²) in [4.78, 5) is 18.3. The van der Waals surface area contributed by atoms with E-state index in [0.717, 1.165) is 18.9 Å². The number of amides is 1. The van der Waals surface area contributed by atoms with Crippen LogP contribution in [0.25, 0.3) is 0 Å². The van der Waals surface area contributed by atoms with Crippen LogP contribution in [0.3, 0.4) is 0 Å². The van der Waals surface area contributed by atoms with Crippen LogP contribution in [0.15, 0.2) is 36.4 Å². The molecule has 1 aliphatic rings. The van der Waals surface area contributed by atoms with Gasteiger partial charge in [0, 0.05) is 25.2 Å². The average Bonchev–Trinajstić information content (AvgIpc) is 2.71. The van der Waals surface area contributed by atoms with Gasteiger partial charge >= 0.3 is 6.18 Å². The number of benzene rings is 1. The number of hydrogen-bond donors (Lipinski definition) is 1. The van der Waals surface area contributed by atoms with Crippen LogP contribution in [0.5, 0.6) is 0 Å². The number of carbonyl (C=O) groups is 1. The number of piperidine rings is 1. The number of nitrogens with one attached hydrogen (secondary N) is 1. The molecule has 1 atom stereocenters. The molecule has 0 radical (unpaired) electrons. The van der Waals surface area contributed by atoms with Gasteiger partial charge in [0.2, 0.25) is 5.91 Å². The number of aromatic nitrogens is 1. The Kier molecular flexibility index (Phi) is 6.63. The lowest BCUT2D eigenvalue weighted by Gasteiger charge is -2.33. The fraction of sp³-hybridized carbons (Fsp3) is 0.455. The summed E-state index contributed by atoms with van der Waals surface area (Å²) in [5.74, 6) is -0.584. The van der Waals surface area contributed by atoms with E-state index in [1.54, 1.807) is 13.0 Å². The van der Waals surface area contributed by atoms with Crippen molar-refractivity contribution < 1.29 is 22.4 Å². The van der Waals surface area contributed by atoms with Gasteiger partial charge in [-0.2, -0.15) is 13.2 Å². The van der Waals surface area contributed by atoms with Gasteiger partial charge in [-0.05, 0) is 49.4 Å². The first-order valence-corrected chi connectivity index (χ1v) is 10.0. The molecule has 1 unspecified atom stereocenters. The molecule has 1 N–H and O–H groups in total. The summed E-state index contributed by atoms with van der Waals surface area (Å²) in [6.45, 7) is 5.06. The van der Waals surface area contributed by atoms with E-state index in [4.69, 9.17) is 0 Å². The molecule has 1 aromatic carbocycles. The third-order valence-electron chi connectivity index (χ3n) is 5.52. The number of pyridine rings is 1. The molecular formula is C22H25F4N3O. The number of alkyl halides is 3. The van der Waals surface area contributed by atoms with Crippen LogP contribution in [-0.2, 0) is 17.5 Å². The van der Waals surface area contributed by atoms with Crippen molar-refractivity contribution in [3.8, 4) is 0 Å². The number of nitrogens with zero attached hydrogens (tertiary/aromatic N) is 2. The van der Waals surface area contributed by atoms with E-state index in [2.05, 4.69) is 17.2 Å². The zero-order valence-electron chi connectivity index (χ0n) is 17.0. The predicted molar refractivity (Wildman–Crippen MR) is 107 cm³/mol. The Labute approximate surface area is 173 Å². The highest BCUT2D eigenvalue weighted by Crippen LogP contribution is 2.32.